The third kappa shape index (κ3) is 1.11. The highest BCUT2D eigenvalue weighted by Crippen LogP contribution is 2.28. The number of H-pyrrole nitrogens is 2. The molecule has 0 saturated carbocycles. The van der Waals surface area contributed by atoms with E-state index in [-0.39, 0.29) is 0 Å². The van der Waals surface area contributed by atoms with Crippen LogP contribution in [0.15, 0.2) is 48.8 Å². The Morgan fingerprint density at radius 1 is 1.00 bits per heavy atom. The number of nitrogens with one attached hydrogen (secondary N) is 2. The van der Waals surface area contributed by atoms with Crippen molar-refractivity contribution in [2.75, 3.05) is 0 Å². The van der Waals surface area contributed by atoms with Crippen LogP contribution in [-0.4, -0.2) is 9.97 Å². The molecule has 0 saturated heterocycles. The lowest BCUT2D eigenvalue weighted by molar-refractivity contribution is -0.344. The standard InChI is InChI=1S/C14H9N3/c1-2-4-10-9(3-1)13-11(17-10)5-6-12-14(13)16-8-7-15-12/h1-8,17H/p+1. The Morgan fingerprint density at radius 2 is 1.94 bits per heavy atom. The molecule has 0 aliphatic rings. The summed E-state index contributed by atoms with van der Waals surface area (Å²) in [7, 11) is 0. The molecular formula is C14H10N3+. The molecule has 0 aliphatic carbocycles. The van der Waals surface area contributed by atoms with Gasteiger partial charge in [-0.3, -0.25) is 0 Å². The van der Waals surface area contributed by atoms with Crippen LogP contribution in [0, 0.1) is 0 Å². The van der Waals surface area contributed by atoms with Crippen molar-refractivity contribution in [3.63, 3.8) is 0 Å². The van der Waals surface area contributed by atoms with Gasteiger partial charge >= 0.3 is 0 Å². The van der Waals surface area contributed by atoms with Gasteiger partial charge in [-0.1, -0.05) is 18.2 Å². The SMILES string of the molecule is c1ccc2c(c1)[nH]c1ccc3ncc[nH+]c3c12. The van der Waals surface area contributed by atoms with Gasteiger partial charge in [-0.15, -0.1) is 0 Å². The molecule has 0 radical (unpaired) electrons. The van der Waals surface area contributed by atoms with Gasteiger partial charge in [0.15, 0.2) is 6.20 Å². The third-order valence-corrected chi connectivity index (χ3v) is 3.16. The number of rotatable bonds is 0. The van der Waals surface area contributed by atoms with E-state index >= 15 is 0 Å². The Morgan fingerprint density at radius 3 is 2.94 bits per heavy atom. The lowest BCUT2D eigenvalue weighted by atomic mass is 10.1. The van der Waals surface area contributed by atoms with Crippen molar-refractivity contribution in [2.45, 2.75) is 0 Å². The fourth-order valence-electron chi connectivity index (χ4n) is 2.42. The molecule has 2 aromatic carbocycles. The minimum absolute atomic E-state index is 0.991. The van der Waals surface area contributed by atoms with Crippen molar-refractivity contribution >= 4 is 32.8 Å². The van der Waals surface area contributed by atoms with E-state index < -0.39 is 0 Å². The first-order chi connectivity index (χ1) is 8.43. The molecular weight excluding hydrogens is 210 g/mol. The summed E-state index contributed by atoms with van der Waals surface area (Å²) in [4.78, 5) is 11.1. The maximum absolute atomic E-state index is 4.37. The number of fused-ring (bicyclic) bond motifs is 5. The van der Waals surface area contributed by atoms with Gasteiger partial charge in [-0.25, -0.2) is 9.97 Å². The monoisotopic (exact) mass is 220 g/mol. The number of hydrogen-bond donors (Lipinski definition) is 1. The first-order valence-electron chi connectivity index (χ1n) is 5.59. The number of benzene rings is 2. The molecule has 0 amide bonds. The van der Waals surface area contributed by atoms with E-state index in [4.69, 9.17) is 0 Å². The Balaban J connectivity index is 2.38. The fourth-order valence-corrected chi connectivity index (χ4v) is 2.42. The second-order valence-electron chi connectivity index (χ2n) is 4.14. The smallest absolute Gasteiger partial charge is 0.239 e. The second-order valence-corrected chi connectivity index (χ2v) is 4.14. The molecule has 4 aromatic rings. The van der Waals surface area contributed by atoms with Gasteiger partial charge < -0.3 is 4.98 Å². The summed E-state index contributed by atoms with van der Waals surface area (Å²) in [6, 6.07) is 12.4. The number of hydrogen-bond acceptors (Lipinski definition) is 1. The number of nitrogens with zero attached hydrogens (tertiary/aromatic N) is 1. The zero-order valence-corrected chi connectivity index (χ0v) is 9.07. The Bertz CT molecular complexity index is 840. The molecule has 0 bridgehead atoms. The van der Waals surface area contributed by atoms with E-state index in [9.17, 15) is 0 Å². The number of para-hydroxylation sites is 1. The Hall–Kier alpha value is -2.42. The maximum atomic E-state index is 4.37. The van der Waals surface area contributed by atoms with Crippen LogP contribution in [0.5, 0.6) is 0 Å². The molecule has 0 aliphatic heterocycles. The van der Waals surface area contributed by atoms with Crippen LogP contribution in [0.4, 0.5) is 0 Å². The topological polar surface area (TPSA) is 42.8 Å². The van der Waals surface area contributed by atoms with Gasteiger partial charge in [0.2, 0.25) is 5.52 Å². The van der Waals surface area contributed by atoms with E-state index in [0.29, 0.717) is 0 Å². The summed E-state index contributed by atoms with van der Waals surface area (Å²) in [5.74, 6) is 0. The molecule has 80 valence electrons. The number of aromatic nitrogens is 3. The quantitative estimate of drug-likeness (QED) is 0.486. The predicted molar refractivity (Wildman–Crippen MR) is 67.7 cm³/mol. The zero-order chi connectivity index (χ0) is 11.2. The van der Waals surface area contributed by atoms with E-state index in [1.165, 1.54) is 10.8 Å². The van der Waals surface area contributed by atoms with Crippen molar-refractivity contribution in [1.82, 2.24) is 9.97 Å². The summed E-state index contributed by atoms with van der Waals surface area (Å²) in [5, 5.41) is 2.45. The molecule has 0 unspecified atom stereocenters. The molecule has 2 heterocycles. The van der Waals surface area contributed by atoms with E-state index in [1.54, 1.807) is 6.20 Å². The average molecular weight is 220 g/mol. The van der Waals surface area contributed by atoms with Crippen LogP contribution in [0.25, 0.3) is 32.8 Å². The highest BCUT2D eigenvalue weighted by molar-refractivity contribution is 6.17. The first kappa shape index (κ1) is 8.70. The fraction of sp³-hybridized carbons (Fsp3) is 0. The molecule has 2 aromatic heterocycles. The van der Waals surface area contributed by atoms with Crippen LogP contribution in [-0.2, 0) is 0 Å². The van der Waals surface area contributed by atoms with Crippen LogP contribution >= 0.6 is 0 Å². The summed E-state index contributed by atoms with van der Waals surface area (Å²) < 4.78 is 0. The highest BCUT2D eigenvalue weighted by Gasteiger charge is 2.12. The van der Waals surface area contributed by atoms with Crippen molar-refractivity contribution in [3.05, 3.63) is 48.8 Å². The minimum atomic E-state index is 0.991. The predicted octanol–water partition coefficient (Wildman–Crippen LogP) is 2.68. The normalized spacial score (nSPS) is 11.5. The largest absolute Gasteiger partial charge is 0.354 e. The molecule has 0 fully saturated rings. The molecule has 0 atom stereocenters. The lowest BCUT2D eigenvalue weighted by Crippen LogP contribution is -2.03. The molecule has 17 heavy (non-hydrogen) atoms. The molecule has 3 nitrogen and oxygen atoms in total. The van der Waals surface area contributed by atoms with Gasteiger partial charge in [0.1, 0.15) is 5.52 Å². The van der Waals surface area contributed by atoms with Gasteiger partial charge in [0.25, 0.3) is 0 Å². The zero-order valence-electron chi connectivity index (χ0n) is 9.07. The third-order valence-electron chi connectivity index (χ3n) is 3.16. The van der Waals surface area contributed by atoms with E-state index in [0.717, 1.165) is 22.1 Å². The minimum Gasteiger partial charge on any atom is -0.354 e. The van der Waals surface area contributed by atoms with Gasteiger partial charge in [-0.05, 0) is 18.2 Å². The van der Waals surface area contributed by atoms with Crippen molar-refractivity contribution in [3.8, 4) is 0 Å². The molecule has 3 heteroatoms. The van der Waals surface area contributed by atoms with Crippen molar-refractivity contribution < 1.29 is 4.98 Å². The second kappa shape index (κ2) is 3.04. The highest BCUT2D eigenvalue weighted by atomic mass is 14.8. The number of aromatic amines is 2. The first-order valence-corrected chi connectivity index (χ1v) is 5.59. The van der Waals surface area contributed by atoms with Crippen molar-refractivity contribution in [1.29, 1.82) is 0 Å². The maximum Gasteiger partial charge on any atom is 0.239 e. The molecule has 4 rings (SSSR count). The van der Waals surface area contributed by atoms with E-state index in [2.05, 4.69) is 39.2 Å². The average Bonchev–Trinajstić information content (AvgIpc) is 2.77. The van der Waals surface area contributed by atoms with Crippen LogP contribution in [0.3, 0.4) is 0 Å². The van der Waals surface area contributed by atoms with Crippen LogP contribution < -0.4 is 4.98 Å². The Kier molecular flexibility index (Phi) is 1.56. The van der Waals surface area contributed by atoms with Crippen molar-refractivity contribution in [2.24, 2.45) is 0 Å². The molecule has 2 N–H and O–H groups in total. The van der Waals surface area contributed by atoms with Gasteiger partial charge in [0.05, 0.1) is 17.1 Å². The molecule has 0 spiro atoms. The summed E-state index contributed by atoms with van der Waals surface area (Å²) in [6.07, 6.45) is 3.65. The van der Waals surface area contributed by atoms with E-state index in [1.807, 2.05) is 18.3 Å². The van der Waals surface area contributed by atoms with Gasteiger partial charge in [0, 0.05) is 10.9 Å². The van der Waals surface area contributed by atoms with Crippen LogP contribution in [0.2, 0.25) is 0 Å². The summed E-state index contributed by atoms with van der Waals surface area (Å²) in [6.45, 7) is 0. The van der Waals surface area contributed by atoms with Crippen LogP contribution in [0.1, 0.15) is 0 Å². The summed E-state index contributed by atoms with van der Waals surface area (Å²) >= 11 is 0. The lowest BCUT2D eigenvalue weighted by Gasteiger charge is -1.92. The Labute approximate surface area is 97.1 Å². The van der Waals surface area contributed by atoms with Gasteiger partial charge in [-0.2, -0.15) is 0 Å². The summed E-state index contributed by atoms with van der Waals surface area (Å²) in [5.41, 5.74) is 4.38.